The van der Waals surface area contributed by atoms with E-state index in [1.54, 1.807) is 0 Å². The van der Waals surface area contributed by atoms with Gasteiger partial charge in [0.05, 0.1) is 17.8 Å². The van der Waals surface area contributed by atoms with Crippen molar-refractivity contribution in [3.8, 4) is 17.0 Å². The molecule has 4 rings (SSSR count). The highest BCUT2D eigenvalue weighted by molar-refractivity contribution is 6.33. The normalized spacial score (nSPS) is 15.1. The summed E-state index contributed by atoms with van der Waals surface area (Å²) in [5.74, 6) is 1.02. The van der Waals surface area contributed by atoms with Crippen molar-refractivity contribution in [1.82, 2.24) is 14.8 Å². The van der Waals surface area contributed by atoms with Crippen LogP contribution < -0.4 is 10.2 Å². The predicted molar refractivity (Wildman–Crippen MR) is 117 cm³/mol. The number of nitrogens with zero attached hydrogens (tertiary/aromatic N) is 3. The Morgan fingerprint density at radius 3 is 2.66 bits per heavy atom. The molecule has 3 aromatic rings. The Labute approximate surface area is 172 Å². The lowest BCUT2D eigenvalue weighted by molar-refractivity contribution is -0.135. The SMILES string of the molecule is [B]c1ccc2nc(-c3ccc(OCCN4CCN(CC)C(=O)C4)cc3)ccc2c1. The van der Waals surface area contributed by atoms with Crippen LogP contribution in [0, 0.1) is 0 Å². The molecule has 146 valence electrons. The van der Waals surface area contributed by atoms with E-state index in [4.69, 9.17) is 17.6 Å². The second kappa shape index (κ2) is 8.66. The van der Waals surface area contributed by atoms with Crippen molar-refractivity contribution in [3.05, 3.63) is 54.6 Å². The van der Waals surface area contributed by atoms with Gasteiger partial charge in [0.15, 0.2) is 0 Å². The molecule has 2 heterocycles. The first-order valence-electron chi connectivity index (χ1n) is 10.0. The molecule has 0 N–H and O–H groups in total. The van der Waals surface area contributed by atoms with Crippen molar-refractivity contribution < 1.29 is 9.53 Å². The molecule has 2 aromatic carbocycles. The van der Waals surface area contributed by atoms with Crippen LogP contribution in [0.5, 0.6) is 5.75 Å². The number of aromatic nitrogens is 1. The molecule has 1 fully saturated rings. The van der Waals surface area contributed by atoms with Gasteiger partial charge in [-0.3, -0.25) is 9.69 Å². The zero-order valence-corrected chi connectivity index (χ0v) is 16.7. The summed E-state index contributed by atoms with van der Waals surface area (Å²) in [5, 5.41) is 1.03. The number of hydrogen-bond acceptors (Lipinski definition) is 4. The van der Waals surface area contributed by atoms with Crippen LogP contribution >= 0.6 is 0 Å². The first-order valence-corrected chi connectivity index (χ1v) is 10.0. The van der Waals surface area contributed by atoms with Crippen LogP contribution in [-0.2, 0) is 4.79 Å². The van der Waals surface area contributed by atoms with Gasteiger partial charge in [0, 0.05) is 31.7 Å². The molecule has 1 amide bonds. The molecule has 0 aliphatic carbocycles. The first kappa shape index (κ1) is 19.5. The van der Waals surface area contributed by atoms with Gasteiger partial charge < -0.3 is 9.64 Å². The largest absolute Gasteiger partial charge is 0.492 e. The third-order valence-electron chi connectivity index (χ3n) is 5.32. The van der Waals surface area contributed by atoms with Crippen molar-refractivity contribution >= 4 is 30.1 Å². The molecular formula is C23H24BN3O2. The van der Waals surface area contributed by atoms with Crippen molar-refractivity contribution in [2.45, 2.75) is 6.92 Å². The van der Waals surface area contributed by atoms with Gasteiger partial charge in [-0.25, -0.2) is 4.98 Å². The molecule has 0 atom stereocenters. The molecule has 1 aliphatic heterocycles. The van der Waals surface area contributed by atoms with Crippen LogP contribution in [0.4, 0.5) is 0 Å². The first-order chi connectivity index (χ1) is 14.1. The number of likely N-dealkylation sites (N-methyl/N-ethyl adjacent to an activating group) is 1. The fraction of sp³-hybridized carbons (Fsp3) is 0.304. The van der Waals surface area contributed by atoms with Crippen molar-refractivity contribution in [2.75, 3.05) is 39.3 Å². The molecule has 5 nitrogen and oxygen atoms in total. The van der Waals surface area contributed by atoms with Gasteiger partial charge in [0.2, 0.25) is 5.91 Å². The Balaban J connectivity index is 1.34. The second-order valence-electron chi connectivity index (χ2n) is 7.27. The second-order valence-corrected chi connectivity index (χ2v) is 7.27. The minimum Gasteiger partial charge on any atom is -0.492 e. The lowest BCUT2D eigenvalue weighted by atomic mass is 9.94. The van der Waals surface area contributed by atoms with E-state index in [9.17, 15) is 4.79 Å². The summed E-state index contributed by atoms with van der Waals surface area (Å²) in [6, 6.07) is 17.7. The number of hydrogen-bond donors (Lipinski definition) is 0. The minimum absolute atomic E-state index is 0.202. The van der Waals surface area contributed by atoms with Crippen LogP contribution in [0.15, 0.2) is 54.6 Å². The Hall–Kier alpha value is -2.86. The molecule has 29 heavy (non-hydrogen) atoms. The van der Waals surface area contributed by atoms with Crippen molar-refractivity contribution in [2.24, 2.45) is 0 Å². The van der Waals surface area contributed by atoms with Crippen LogP contribution in [0.2, 0.25) is 0 Å². The molecule has 0 unspecified atom stereocenters. The minimum atomic E-state index is 0.202. The number of fused-ring (bicyclic) bond motifs is 1. The number of piperazine rings is 1. The van der Waals surface area contributed by atoms with Gasteiger partial charge in [-0.05, 0) is 48.7 Å². The molecule has 2 radical (unpaired) electrons. The van der Waals surface area contributed by atoms with Crippen LogP contribution in [0.25, 0.3) is 22.2 Å². The van der Waals surface area contributed by atoms with Crippen LogP contribution in [0.3, 0.4) is 0 Å². The summed E-state index contributed by atoms with van der Waals surface area (Å²) >= 11 is 0. The molecular weight excluding hydrogens is 361 g/mol. The van der Waals surface area contributed by atoms with E-state index in [-0.39, 0.29) is 5.91 Å². The van der Waals surface area contributed by atoms with Crippen molar-refractivity contribution in [1.29, 1.82) is 0 Å². The lowest BCUT2D eigenvalue weighted by Crippen LogP contribution is -2.50. The van der Waals surface area contributed by atoms with Gasteiger partial charge >= 0.3 is 0 Å². The topological polar surface area (TPSA) is 45.7 Å². The maximum Gasteiger partial charge on any atom is 0.236 e. The quantitative estimate of drug-likeness (QED) is 0.611. The van der Waals surface area contributed by atoms with Crippen molar-refractivity contribution in [3.63, 3.8) is 0 Å². The molecule has 1 aliphatic rings. The van der Waals surface area contributed by atoms with E-state index in [2.05, 4.69) is 4.90 Å². The van der Waals surface area contributed by atoms with E-state index in [1.165, 1.54) is 0 Å². The van der Waals surface area contributed by atoms with Gasteiger partial charge in [-0.1, -0.05) is 23.7 Å². The Bertz CT molecular complexity index is 1010. The van der Waals surface area contributed by atoms with Gasteiger partial charge in [0.25, 0.3) is 0 Å². The molecule has 0 bridgehead atoms. The summed E-state index contributed by atoms with van der Waals surface area (Å²) in [7, 11) is 5.83. The lowest BCUT2D eigenvalue weighted by Gasteiger charge is -2.33. The van der Waals surface area contributed by atoms with Gasteiger partial charge in [-0.15, -0.1) is 0 Å². The fourth-order valence-electron chi connectivity index (χ4n) is 3.60. The number of ether oxygens (including phenoxy) is 1. The smallest absolute Gasteiger partial charge is 0.236 e. The monoisotopic (exact) mass is 385 g/mol. The number of rotatable bonds is 6. The van der Waals surface area contributed by atoms with Crippen LogP contribution in [0.1, 0.15) is 6.92 Å². The average Bonchev–Trinajstić information content (AvgIpc) is 2.74. The fourth-order valence-corrected chi connectivity index (χ4v) is 3.60. The number of benzene rings is 2. The highest BCUT2D eigenvalue weighted by Gasteiger charge is 2.22. The highest BCUT2D eigenvalue weighted by atomic mass is 16.5. The average molecular weight is 385 g/mol. The Kier molecular flexibility index (Phi) is 5.81. The molecule has 6 heteroatoms. The zero-order valence-electron chi connectivity index (χ0n) is 16.7. The number of pyridine rings is 1. The summed E-state index contributed by atoms with van der Waals surface area (Å²) in [6.45, 7) is 6.31. The Morgan fingerprint density at radius 2 is 1.90 bits per heavy atom. The maximum atomic E-state index is 12.0. The third kappa shape index (κ3) is 4.59. The number of carbonyl (C=O) groups is 1. The molecule has 1 saturated heterocycles. The molecule has 0 spiro atoms. The van der Waals surface area contributed by atoms with E-state index < -0.39 is 0 Å². The summed E-state index contributed by atoms with van der Waals surface area (Å²) in [4.78, 5) is 20.7. The summed E-state index contributed by atoms with van der Waals surface area (Å²) in [6.07, 6.45) is 0. The Morgan fingerprint density at radius 1 is 1.07 bits per heavy atom. The third-order valence-corrected chi connectivity index (χ3v) is 5.32. The summed E-state index contributed by atoms with van der Waals surface area (Å²) in [5.41, 5.74) is 3.62. The van der Waals surface area contributed by atoms with E-state index >= 15 is 0 Å². The van der Waals surface area contributed by atoms with E-state index in [0.717, 1.165) is 59.6 Å². The number of carbonyl (C=O) groups excluding carboxylic acids is 1. The van der Waals surface area contributed by atoms with E-state index in [0.29, 0.717) is 13.2 Å². The van der Waals surface area contributed by atoms with Gasteiger partial charge in [-0.2, -0.15) is 0 Å². The molecule has 1 aromatic heterocycles. The van der Waals surface area contributed by atoms with E-state index in [1.807, 2.05) is 66.4 Å². The van der Waals surface area contributed by atoms with Crippen LogP contribution in [-0.4, -0.2) is 67.9 Å². The highest BCUT2D eigenvalue weighted by Crippen LogP contribution is 2.23. The standard InChI is InChI=1S/C23H24BN3O2/c1-2-27-12-11-26(16-23(27)28)13-14-29-20-7-3-17(4-8-20)21-9-5-18-15-19(24)6-10-22(18)25-21/h3-10,15H,2,11-14,16H2,1H3. The molecule has 0 saturated carbocycles. The maximum absolute atomic E-state index is 12.0. The number of amides is 1. The summed E-state index contributed by atoms with van der Waals surface area (Å²) < 4.78 is 5.87. The van der Waals surface area contributed by atoms with Gasteiger partial charge in [0.1, 0.15) is 20.2 Å². The zero-order chi connectivity index (χ0) is 20.2. The predicted octanol–water partition coefficient (Wildman–Crippen LogP) is 2.24.